The van der Waals surface area contributed by atoms with E-state index < -0.39 is 11.8 Å². The zero-order chi connectivity index (χ0) is 16.6. The smallest absolute Gasteiger partial charge is 0.232 e. The predicted molar refractivity (Wildman–Crippen MR) is 87.2 cm³/mol. The minimum atomic E-state index is -0.774. The van der Waals surface area contributed by atoms with Gasteiger partial charge in [0.15, 0.2) is 5.78 Å². The summed E-state index contributed by atoms with van der Waals surface area (Å²) in [4.78, 5) is 36.6. The summed E-state index contributed by atoms with van der Waals surface area (Å²) in [5.41, 5.74) is 1.45. The SMILES string of the molecule is O=C1C[C@H](C(=O)Nc2cc(Cl)cc(Cl)c2)C2=C(CCCC2=O)N1. The Morgan fingerprint density at radius 2 is 1.83 bits per heavy atom. The molecule has 2 aliphatic rings. The van der Waals surface area contributed by atoms with Gasteiger partial charge in [-0.3, -0.25) is 14.4 Å². The number of rotatable bonds is 2. The molecule has 1 aliphatic heterocycles. The highest BCUT2D eigenvalue weighted by Crippen LogP contribution is 2.32. The Kier molecular flexibility index (Phi) is 4.41. The molecule has 0 bridgehead atoms. The van der Waals surface area contributed by atoms with Crippen LogP contribution >= 0.6 is 23.2 Å². The first-order chi connectivity index (χ1) is 10.9. The molecule has 120 valence electrons. The summed E-state index contributed by atoms with van der Waals surface area (Å²) < 4.78 is 0. The summed E-state index contributed by atoms with van der Waals surface area (Å²) in [6.45, 7) is 0. The van der Waals surface area contributed by atoms with Crippen molar-refractivity contribution < 1.29 is 14.4 Å². The maximum absolute atomic E-state index is 12.6. The van der Waals surface area contributed by atoms with Gasteiger partial charge in [-0.1, -0.05) is 23.2 Å². The number of amides is 2. The number of halogens is 2. The Bertz CT molecular complexity index is 723. The van der Waals surface area contributed by atoms with Crippen molar-refractivity contribution in [2.24, 2.45) is 5.92 Å². The van der Waals surface area contributed by atoms with Crippen LogP contribution in [0.2, 0.25) is 10.0 Å². The van der Waals surface area contributed by atoms with Crippen molar-refractivity contribution in [3.8, 4) is 0 Å². The van der Waals surface area contributed by atoms with Crippen LogP contribution in [-0.2, 0) is 14.4 Å². The Morgan fingerprint density at radius 1 is 1.13 bits per heavy atom. The van der Waals surface area contributed by atoms with Crippen LogP contribution in [0.3, 0.4) is 0 Å². The van der Waals surface area contributed by atoms with Crippen LogP contribution in [0.4, 0.5) is 5.69 Å². The third-order valence-electron chi connectivity index (χ3n) is 3.93. The normalized spacial score (nSPS) is 20.9. The van der Waals surface area contributed by atoms with Crippen LogP contribution in [0.25, 0.3) is 0 Å². The molecule has 23 heavy (non-hydrogen) atoms. The van der Waals surface area contributed by atoms with Gasteiger partial charge in [0.05, 0.1) is 5.92 Å². The Hall–Kier alpha value is -1.85. The van der Waals surface area contributed by atoms with Crippen molar-refractivity contribution in [2.45, 2.75) is 25.7 Å². The van der Waals surface area contributed by atoms with Gasteiger partial charge in [0.2, 0.25) is 11.8 Å². The van der Waals surface area contributed by atoms with Crippen molar-refractivity contribution in [1.82, 2.24) is 5.32 Å². The molecule has 0 saturated carbocycles. The number of nitrogens with one attached hydrogen (secondary N) is 2. The van der Waals surface area contributed by atoms with Gasteiger partial charge in [-0.25, -0.2) is 0 Å². The molecule has 5 nitrogen and oxygen atoms in total. The van der Waals surface area contributed by atoms with Gasteiger partial charge in [-0.05, 0) is 31.0 Å². The molecule has 1 aliphatic carbocycles. The monoisotopic (exact) mass is 352 g/mol. The topological polar surface area (TPSA) is 75.3 Å². The van der Waals surface area contributed by atoms with Gasteiger partial charge < -0.3 is 10.6 Å². The van der Waals surface area contributed by atoms with Crippen LogP contribution in [-0.4, -0.2) is 17.6 Å². The van der Waals surface area contributed by atoms with E-state index >= 15 is 0 Å². The maximum atomic E-state index is 12.6. The molecule has 0 fully saturated rings. The third-order valence-corrected chi connectivity index (χ3v) is 4.37. The van der Waals surface area contributed by atoms with Crippen LogP contribution in [0, 0.1) is 5.92 Å². The molecule has 1 atom stereocenters. The number of Topliss-reactive ketones (excluding diaryl/α,β-unsaturated/α-hetero) is 1. The summed E-state index contributed by atoms with van der Waals surface area (Å²) in [5.74, 6) is -1.50. The molecule has 0 saturated heterocycles. The van der Waals surface area contributed by atoms with Gasteiger partial charge in [0.1, 0.15) is 0 Å². The molecule has 1 aromatic carbocycles. The summed E-state index contributed by atoms with van der Waals surface area (Å²) in [5, 5.41) is 6.19. The highest BCUT2D eigenvalue weighted by Gasteiger charge is 2.37. The number of allylic oxidation sites excluding steroid dienone is 1. The molecule has 0 aromatic heterocycles. The van der Waals surface area contributed by atoms with Crippen molar-refractivity contribution >= 4 is 46.5 Å². The first kappa shape index (κ1) is 16.0. The number of ketones is 1. The van der Waals surface area contributed by atoms with E-state index in [9.17, 15) is 14.4 Å². The Labute approximate surface area is 143 Å². The fourth-order valence-corrected chi connectivity index (χ4v) is 3.51. The summed E-state index contributed by atoms with van der Waals surface area (Å²) in [6, 6.07) is 4.68. The van der Waals surface area contributed by atoms with E-state index in [2.05, 4.69) is 10.6 Å². The molecule has 2 N–H and O–H groups in total. The number of carbonyl (C=O) groups is 3. The Morgan fingerprint density at radius 3 is 2.52 bits per heavy atom. The highest BCUT2D eigenvalue weighted by atomic mass is 35.5. The molecule has 0 spiro atoms. The summed E-state index contributed by atoms with van der Waals surface area (Å²) in [7, 11) is 0. The van der Waals surface area contributed by atoms with Crippen LogP contribution in [0.1, 0.15) is 25.7 Å². The molecular formula is C16H14Cl2N2O3. The second-order valence-electron chi connectivity index (χ2n) is 5.62. The largest absolute Gasteiger partial charge is 0.329 e. The van der Waals surface area contributed by atoms with Gasteiger partial charge in [0, 0.05) is 39.8 Å². The molecule has 0 unspecified atom stereocenters. The zero-order valence-corrected chi connectivity index (χ0v) is 13.6. The molecule has 3 rings (SSSR count). The number of carbonyl (C=O) groups excluding carboxylic acids is 3. The average Bonchev–Trinajstić information content (AvgIpc) is 2.45. The number of hydrogen-bond acceptors (Lipinski definition) is 3. The molecule has 7 heteroatoms. The number of benzene rings is 1. The quantitative estimate of drug-likeness (QED) is 0.858. The van der Waals surface area contributed by atoms with E-state index in [0.717, 1.165) is 0 Å². The first-order valence-electron chi connectivity index (χ1n) is 7.27. The number of hydrogen-bond donors (Lipinski definition) is 2. The van der Waals surface area contributed by atoms with Crippen molar-refractivity contribution in [1.29, 1.82) is 0 Å². The van der Waals surface area contributed by atoms with E-state index in [1.807, 2.05) is 0 Å². The van der Waals surface area contributed by atoms with Crippen LogP contribution in [0.15, 0.2) is 29.5 Å². The second-order valence-corrected chi connectivity index (χ2v) is 6.49. The summed E-state index contributed by atoms with van der Waals surface area (Å²) >= 11 is 11.8. The van der Waals surface area contributed by atoms with Gasteiger partial charge in [-0.15, -0.1) is 0 Å². The van der Waals surface area contributed by atoms with E-state index in [4.69, 9.17) is 23.2 Å². The lowest BCUT2D eigenvalue weighted by atomic mass is 9.81. The standard InChI is InChI=1S/C16H14Cl2N2O3/c17-8-4-9(18)6-10(5-8)19-16(23)11-7-14(22)20-12-2-1-3-13(21)15(11)12/h4-6,11H,1-3,7H2,(H,19,23)(H,20,22)/t11-/m0/s1. The number of anilines is 1. The van der Waals surface area contributed by atoms with Crippen LogP contribution < -0.4 is 10.6 Å². The Balaban J connectivity index is 1.88. The second kappa shape index (κ2) is 6.34. The van der Waals surface area contributed by atoms with E-state index in [1.54, 1.807) is 18.2 Å². The van der Waals surface area contributed by atoms with Gasteiger partial charge in [-0.2, -0.15) is 0 Å². The maximum Gasteiger partial charge on any atom is 0.232 e. The molecule has 2 amide bonds. The summed E-state index contributed by atoms with van der Waals surface area (Å²) in [6.07, 6.45) is 1.67. The van der Waals surface area contributed by atoms with E-state index in [-0.39, 0.29) is 18.1 Å². The lowest BCUT2D eigenvalue weighted by Crippen LogP contribution is -2.41. The first-order valence-corrected chi connectivity index (χ1v) is 8.02. The van der Waals surface area contributed by atoms with E-state index in [0.29, 0.717) is 46.3 Å². The fourth-order valence-electron chi connectivity index (χ4n) is 2.98. The third kappa shape index (κ3) is 3.41. The minimum Gasteiger partial charge on any atom is -0.329 e. The lowest BCUT2D eigenvalue weighted by Gasteiger charge is -2.30. The van der Waals surface area contributed by atoms with Gasteiger partial charge in [0.25, 0.3) is 0 Å². The van der Waals surface area contributed by atoms with Crippen LogP contribution in [0.5, 0.6) is 0 Å². The molecule has 1 heterocycles. The fraction of sp³-hybridized carbons (Fsp3) is 0.312. The predicted octanol–water partition coefficient (Wildman–Crippen LogP) is 3.08. The van der Waals surface area contributed by atoms with Crippen molar-refractivity contribution in [2.75, 3.05) is 5.32 Å². The highest BCUT2D eigenvalue weighted by molar-refractivity contribution is 6.35. The van der Waals surface area contributed by atoms with E-state index in [1.165, 1.54) is 0 Å². The van der Waals surface area contributed by atoms with Crippen molar-refractivity contribution in [3.63, 3.8) is 0 Å². The minimum absolute atomic E-state index is 0.0370. The molecular weight excluding hydrogens is 339 g/mol. The average molecular weight is 353 g/mol. The lowest BCUT2D eigenvalue weighted by molar-refractivity contribution is -0.128. The molecule has 0 radical (unpaired) electrons. The zero-order valence-electron chi connectivity index (χ0n) is 12.1. The molecule has 1 aromatic rings. The van der Waals surface area contributed by atoms with Gasteiger partial charge >= 0.3 is 0 Å². The van der Waals surface area contributed by atoms with Crippen molar-refractivity contribution in [3.05, 3.63) is 39.5 Å².